The van der Waals surface area contributed by atoms with Crippen LogP contribution in [0.3, 0.4) is 0 Å². The summed E-state index contributed by atoms with van der Waals surface area (Å²) in [5, 5.41) is 4.57. The minimum Gasteiger partial charge on any atom is -0.360 e. The molecule has 4 rings (SSSR count). The molecule has 0 aliphatic carbocycles. The summed E-state index contributed by atoms with van der Waals surface area (Å²) >= 11 is 0. The van der Waals surface area contributed by atoms with E-state index in [-0.39, 0.29) is 35.6 Å². The predicted molar refractivity (Wildman–Crippen MR) is 116 cm³/mol. The van der Waals surface area contributed by atoms with Crippen LogP contribution < -0.4 is 0 Å². The van der Waals surface area contributed by atoms with E-state index in [1.165, 1.54) is 4.31 Å². The minimum absolute atomic E-state index is 0.102. The third-order valence-electron chi connectivity index (χ3n) is 5.65. The smallest absolute Gasteiger partial charge is 0.254 e. The summed E-state index contributed by atoms with van der Waals surface area (Å²) < 4.78 is 32.5. The molecule has 0 N–H and O–H groups in total. The van der Waals surface area contributed by atoms with Crippen molar-refractivity contribution in [1.29, 1.82) is 0 Å². The number of pyridine rings is 1. The highest BCUT2D eigenvalue weighted by Gasteiger charge is 2.34. The fourth-order valence-electron chi connectivity index (χ4n) is 3.94. The quantitative estimate of drug-likeness (QED) is 0.616. The third kappa shape index (κ3) is 3.83. The molecule has 1 aliphatic heterocycles. The number of rotatable bonds is 4. The van der Waals surface area contributed by atoms with Gasteiger partial charge in [-0.3, -0.25) is 9.78 Å². The zero-order valence-corrected chi connectivity index (χ0v) is 18.9. The van der Waals surface area contributed by atoms with E-state index < -0.39 is 10.0 Å². The maximum Gasteiger partial charge on any atom is 0.254 e. The number of fused-ring (bicyclic) bond motifs is 1. The number of aryl methyl sites for hydroxylation is 2. The largest absolute Gasteiger partial charge is 0.360 e. The Hall–Kier alpha value is -2.78. The van der Waals surface area contributed by atoms with Crippen LogP contribution >= 0.6 is 0 Å². The topological polar surface area (TPSA) is 96.6 Å². The fraction of sp³-hybridized carbons (Fsp3) is 0.409. The van der Waals surface area contributed by atoms with Gasteiger partial charge >= 0.3 is 0 Å². The van der Waals surface area contributed by atoms with Crippen LogP contribution in [0.15, 0.2) is 39.8 Å². The third-order valence-corrected chi connectivity index (χ3v) is 7.79. The number of nitrogens with zero attached hydrogens (tertiary/aromatic N) is 4. The van der Waals surface area contributed by atoms with Gasteiger partial charge in [0.25, 0.3) is 5.91 Å². The van der Waals surface area contributed by atoms with Crippen molar-refractivity contribution in [2.75, 3.05) is 26.2 Å². The van der Waals surface area contributed by atoms with Gasteiger partial charge in [0.05, 0.1) is 11.1 Å². The lowest BCUT2D eigenvalue weighted by Gasteiger charge is -2.34. The first-order chi connectivity index (χ1) is 14.7. The highest BCUT2D eigenvalue weighted by molar-refractivity contribution is 7.89. The fourth-order valence-corrected chi connectivity index (χ4v) is 5.66. The van der Waals surface area contributed by atoms with E-state index in [9.17, 15) is 13.2 Å². The molecule has 0 saturated carbocycles. The highest BCUT2D eigenvalue weighted by atomic mass is 32.2. The van der Waals surface area contributed by atoms with Crippen molar-refractivity contribution in [1.82, 2.24) is 19.3 Å². The van der Waals surface area contributed by atoms with Crippen LogP contribution in [0.1, 0.15) is 47.3 Å². The molecule has 9 heteroatoms. The summed E-state index contributed by atoms with van der Waals surface area (Å²) in [6.07, 6.45) is 0. The van der Waals surface area contributed by atoms with Crippen LogP contribution in [0.25, 0.3) is 10.9 Å². The molecule has 1 saturated heterocycles. The van der Waals surface area contributed by atoms with Crippen molar-refractivity contribution in [3.05, 3.63) is 53.0 Å². The number of amides is 1. The molecule has 3 aromatic rings. The second-order valence-corrected chi connectivity index (χ2v) is 9.99. The Kier molecular flexibility index (Phi) is 5.57. The number of carbonyl (C=O) groups is 1. The number of hydrogen-bond acceptors (Lipinski definition) is 6. The lowest BCUT2D eigenvalue weighted by molar-refractivity contribution is 0.0699. The first-order valence-corrected chi connectivity index (χ1v) is 11.8. The molecule has 0 spiro atoms. The Bertz CT molecular complexity index is 1220. The van der Waals surface area contributed by atoms with Gasteiger partial charge in [-0.15, -0.1) is 0 Å². The first-order valence-electron chi connectivity index (χ1n) is 10.3. The van der Waals surface area contributed by atoms with E-state index in [0.29, 0.717) is 24.3 Å². The molecule has 1 aliphatic rings. The average molecular weight is 443 g/mol. The van der Waals surface area contributed by atoms with Crippen LogP contribution in [0.4, 0.5) is 0 Å². The number of aromatic nitrogens is 2. The van der Waals surface area contributed by atoms with Crippen molar-refractivity contribution in [2.45, 2.75) is 38.5 Å². The van der Waals surface area contributed by atoms with Gasteiger partial charge in [-0.1, -0.05) is 37.2 Å². The molecule has 0 bridgehead atoms. The van der Waals surface area contributed by atoms with E-state index in [1.54, 1.807) is 18.7 Å². The van der Waals surface area contributed by atoms with E-state index in [4.69, 9.17) is 4.52 Å². The summed E-state index contributed by atoms with van der Waals surface area (Å²) in [5.41, 5.74) is 2.61. The summed E-state index contributed by atoms with van der Waals surface area (Å²) in [4.78, 5) is 19.9. The Labute approximate surface area is 181 Å². The number of para-hydroxylation sites is 1. The second-order valence-electron chi connectivity index (χ2n) is 8.12. The normalized spacial score (nSPS) is 15.7. The Balaban J connectivity index is 1.58. The van der Waals surface area contributed by atoms with E-state index in [2.05, 4.69) is 10.1 Å². The van der Waals surface area contributed by atoms with Gasteiger partial charge in [-0.05, 0) is 31.9 Å². The van der Waals surface area contributed by atoms with E-state index in [0.717, 1.165) is 16.6 Å². The van der Waals surface area contributed by atoms with E-state index in [1.807, 2.05) is 44.2 Å². The van der Waals surface area contributed by atoms with Gasteiger partial charge in [0, 0.05) is 37.3 Å². The molecule has 0 radical (unpaired) electrons. The van der Waals surface area contributed by atoms with Crippen LogP contribution in [0.2, 0.25) is 0 Å². The number of sulfonamides is 1. The molecule has 164 valence electrons. The second kappa shape index (κ2) is 8.05. The minimum atomic E-state index is -3.72. The molecule has 31 heavy (non-hydrogen) atoms. The molecule has 3 heterocycles. The van der Waals surface area contributed by atoms with Gasteiger partial charge < -0.3 is 9.42 Å². The summed E-state index contributed by atoms with van der Waals surface area (Å²) in [6.45, 7) is 8.37. The molecule has 1 amide bonds. The molecular weight excluding hydrogens is 416 g/mol. The van der Waals surface area contributed by atoms with Gasteiger partial charge in [0.1, 0.15) is 10.6 Å². The monoisotopic (exact) mass is 442 g/mol. The maximum absolute atomic E-state index is 13.4. The van der Waals surface area contributed by atoms with Crippen molar-refractivity contribution in [3.8, 4) is 0 Å². The standard InChI is InChI=1S/C22H26N4O4S/c1-14(2)20-13-18(17-7-5-6-8-19(17)23-20)22(27)25-9-11-26(12-10-25)31(28,29)21-15(3)24-30-16(21)4/h5-8,13-14H,9-12H2,1-4H3. The Morgan fingerprint density at radius 1 is 1.10 bits per heavy atom. The van der Waals surface area contributed by atoms with Crippen LogP contribution in [-0.4, -0.2) is 59.8 Å². The number of hydrogen-bond donors (Lipinski definition) is 0. The Morgan fingerprint density at radius 3 is 2.39 bits per heavy atom. The molecule has 2 aromatic heterocycles. The van der Waals surface area contributed by atoms with Crippen molar-refractivity contribution >= 4 is 26.8 Å². The van der Waals surface area contributed by atoms with Gasteiger partial charge in [-0.2, -0.15) is 4.31 Å². The number of piperazine rings is 1. The zero-order valence-electron chi connectivity index (χ0n) is 18.1. The SMILES string of the molecule is Cc1noc(C)c1S(=O)(=O)N1CCN(C(=O)c2cc(C(C)C)nc3ccccc23)CC1. The average Bonchev–Trinajstić information content (AvgIpc) is 3.11. The highest BCUT2D eigenvalue weighted by Crippen LogP contribution is 2.26. The van der Waals surface area contributed by atoms with Gasteiger partial charge in [-0.25, -0.2) is 8.42 Å². The first kappa shape index (κ1) is 21.5. The summed E-state index contributed by atoms with van der Waals surface area (Å²) in [5.74, 6) is 0.364. The zero-order chi connectivity index (χ0) is 22.3. The molecular formula is C22H26N4O4S. The molecule has 1 fully saturated rings. The summed E-state index contributed by atoms with van der Waals surface area (Å²) in [7, 11) is -3.72. The Morgan fingerprint density at radius 2 is 1.77 bits per heavy atom. The number of benzene rings is 1. The summed E-state index contributed by atoms with van der Waals surface area (Å²) in [6, 6.07) is 9.47. The molecule has 1 aromatic carbocycles. The van der Waals surface area contributed by atoms with Gasteiger partial charge in [0.15, 0.2) is 5.76 Å². The maximum atomic E-state index is 13.4. The van der Waals surface area contributed by atoms with Crippen molar-refractivity contribution < 1.29 is 17.7 Å². The van der Waals surface area contributed by atoms with Crippen molar-refractivity contribution in [3.63, 3.8) is 0 Å². The molecule has 8 nitrogen and oxygen atoms in total. The predicted octanol–water partition coefficient (Wildman–Crippen LogP) is 3.11. The number of carbonyl (C=O) groups excluding carboxylic acids is 1. The van der Waals surface area contributed by atoms with Crippen LogP contribution in [-0.2, 0) is 10.0 Å². The van der Waals surface area contributed by atoms with Crippen LogP contribution in [0.5, 0.6) is 0 Å². The van der Waals surface area contributed by atoms with Crippen molar-refractivity contribution in [2.24, 2.45) is 0 Å². The lowest BCUT2D eigenvalue weighted by atomic mass is 10.0. The van der Waals surface area contributed by atoms with Gasteiger partial charge in [0.2, 0.25) is 10.0 Å². The molecule has 0 atom stereocenters. The van der Waals surface area contributed by atoms with Crippen LogP contribution in [0, 0.1) is 13.8 Å². The van der Waals surface area contributed by atoms with E-state index >= 15 is 0 Å². The lowest BCUT2D eigenvalue weighted by Crippen LogP contribution is -2.50. The molecule has 0 unspecified atom stereocenters.